The molecule has 0 unspecified atom stereocenters. The lowest BCUT2D eigenvalue weighted by Crippen LogP contribution is -1.94. The van der Waals surface area contributed by atoms with E-state index in [1.807, 2.05) is 24.3 Å². The summed E-state index contributed by atoms with van der Waals surface area (Å²) in [6, 6.07) is 9.80. The van der Waals surface area contributed by atoms with Gasteiger partial charge in [0.25, 0.3) is 0 Å². The molecule has 0 atom stereocenters. The number of hydrogen-bond acceptors (Lipinski definition) is 3. The van der Waals surface area contributed by atoms with Gasteiger partial charge in [-0.2, -0.15) is 0 Å². The lowest BCUT2D eigenvalue weighted by atomic mass is 9.95. The van der Waals surface area contributed by atoms with Crippen molar-refractivity contribution in [3.05, 3.63) is 48.0 Å². The molecule has 3 nitrogen and oxygen atoms in total. The van der Waals surface area contributed by atoms with Gasteiger partial charge in [-0.15, -0.1) is 0 Å². The Hall–Kier alpha value is -2.42. The first kappa shape index (κ1) is 13.6. The second-order valence-corrected chi connectivity index (χ2v) is 5.13. The molecule has 0 radical (unpaired) electrons. The van der Waals surface area contributed by atoms with E-state index in [1.165, 1.54) is 18.2 Å². The first-order valence-corrected chi connectivity index (χ1v) is 6.91. The van der Waals surface area contributed by atoms with Crippen LogP contribution in [0.4, 0.5) is 0 Å². The molecule has 0 saturated carbocycles. The first-order valence-electron chi connectivity index (χ1n) is 6.91. The van der Waals surface area contributed by atoms with Crippen molar-refractivity contribution in [1.82, 2.24) is 0 Å². The monoisotopic (exact) mass is 282 g/mol. The van der Waals surface area contributed by atoms with Crippen LogP contribution in [0.5, 0.6) is 17.2 Å². The maximum absolute atomic E-state index is 10.5. The van der Waals surface area contributed by atoms with E-state index in [2.05, 4.69) is 12.6 Å². The van der Waals surface area contributed by atoms with Crippen LogP contribution in [0.25, 0.3) is 16.7 Å². The maximum atomic E-state index is 10.5. The zero-order chi connectivity index (χ0) is 15.0. The number of phenolic OH excluding ortho intramolecular Hbond substituents is 1. The molecule has 1 aliphatic rings. The van der Waals surface area contributed by atoms with Crippen LogP contribution in [0.3, 0.4) is 0 Å². The highest BCUT2D eigenvalue weighted by Gasteiger charge is 2.22. The molecular weight excluding hydrogens is 264 g/mol. The quantitative estimate of drug-likeness (QED) is 0.923. The smallest absolute Gasteiger partial charge is 0.203 e. The molecule has 0 heterocycles. The largest absolute Gasteiger partial charge is 0.504 e. The Balaban J connectivity index is 2.21. The number of benzene rings is 2. The zero-order valence-electron chi connectivity index (χ0n) is 12.3. The van der Waals surface area contributed by atoms with Gasteiger partial charge in [0.15, 0.2) is 11.5 Å². The molecule has 0 bridgehead atoms. The van der Waals surface area contributed by atoms with Crippen molar-refractivity contribution in [3.63, 3.8) is 0 Å². The van der Waals surface area contributed by atoms with Gasteiger partial charge in [0.2, 0.25) is 5.75 Å². The van der Waals surface area contributed by atoms with Crippen molar-refractivity contribution in [2.24, 2.45) is 0 Å². The molecular formula is C18H18O3. The van der Waals surface area contributed by atoms with Gasteiger partial charge in [-0.05, 0) is 47.2 Å². The maximum Gasteiger partial charge on any atom is 0.203 e. The summed E-state index contributed by atoms with van der Waals surface area (Å²) in [4.78, 5) is 0. The average Bonchev–Trinajstić information content (AvgIpc) is 2.88. The lowest BCUT2D eigenvalue weighted by molar-refractivity contribution is 0.334. The fourth-order valence-electron chi connectivity index (χ4n) is 2.98. The van der Waals surface area contributed by atoms with E-state index in [1.54, 1.807) is 7.11 Å². The second-order valence-electron chi connectivity index (χ2n) is 5.13. The fourth-order valence-corrected chi connectivity index (χ4v) is 2.98. The van der Waals surface area contributed by atoms with Gasteiger partial charge in [0.1, 0.15) is 0 Å². The minimum absolute atomic E-state index is 0.114. The SMILES string of the molecule is C=C1CCc2c1cccc2-c1ccc(OC)c(OC)c1O. The molecule has 1 aliphatic carbocycles. The highest BCUT2D eigenvalue weighted by Crippen LogP contribution is 2.46. The Kier molecular flexibility index (Phi) is 3.34. The van der Waals surface area contributed by atoms with E-state index in [0.29, 0.717) is 11.5 Å². The number of allylic oxidation sites excluding steroid dienone is 1. The topological polar surface area (TPSA) is 38.7 Å². The van der Waals surface area contributed by atoms with Gasteiger partial charge < -0.3 is 14.6 Å². The standard InChI is InChI=1S/C18H18O3/c1-11-7-8-14-12(11)5-4-6-13(14)15-9-10-16(20-2)18(21-3)17(15)19/h4-6,9-10,19H,1,7-8H2,2-3H3. The normalized spacial score (nSPS) is 13.1. The minimum atomic E-state index is 0.114. The number of fused-ring (bicyclic) bond motifs is 1. The van der Waals surface area contributed by atoms with Crippen molar-refractivity contribution < 1.29 is 14.6 Å². The second kappa shape index (κ2) is 5.17. The molecule has 0 fully saturated rings. The van der Waals surface area contributed by atoms with Gasteiger partial charge in [-0.1, -0.05) is 24.8 Å². The number of aromatic hydroxyl groups is 1. The molecule has 21 heavy (non-hydrogen) atoms. The third kappa shape index (κ3) is 2.05. The summed E-state index contributed by atoms with van der Waals surface area (Å²) < 4.78 is 10.5. The number of phenols is 1. The molecule has 108 valence electrons. The van der Waals surface area contributed by atoms with Crippen LogP contribution in [0.2, 0.25) is 0 Å². The molecule has 0 aromatic heterocycles. The summed E-state index contributed by atoms with van der Waals surface area (Å²) in [5.41, 5.74) is 5.39. The lowest BCUT2D eigenvalue weighted by Gasteiger charge is -2.15. The predicted molar refractivity (Wildman–Crippen MR) is 84.0 cm³/mol. The van der Waals surface area contributed by atoms with Crippen LogP contribution in [-0.4, -0.2) is 19.3 Å². The highest BCUT2D eigenvalue weighted by molar-refractivity contribution is 5.84. The first-order chi connectivity index (χ1) is 10.2. The van der Waals surface area contributed by atoms with Crippen LogP contribution in [0.15, 0.2) is 36.9 Å². The van der Waals surface area contributed by atoms with Crippen LogP contribution in [0, 0.1) is 0 Å². The summed E-state index contributed by atoms with van der Waals surface area (Å²) in [5, 5.41) is 10.5. The number of hydrogen-bond donors (Lipinski definition) is 1. The van der Waals surface area contributed by atoms with E-state index < -0.39 is 0 Å². The molecule has 0 saturated heterocycles. The number of ether oxygens (including phenoxy) is 2. The number of rotatable bonds is 3. The van der Waals surface area contributed by atoms with E-state index in [4.69, 9.17) is 9.47 Å². The van der Waals surface area contributed by atoms with E-state index in [-0.39, 0.29) is 5.75 Å². The molecule has 3 heteroatoms. The van der Waals surface area contributed by atoms with Crippen LogP contribution in [-0.2, 0) is 6.42 Å². The molecule has 3 rings (SSSR count). The predicted octanol–water partition coefficient (Wildman–Crippen LogP) is 4.04. The fraction of sp³-hybridized carbons (Fsp3) is 0.222. The van der Waals surface area contributed by atoms with E-state index >= 15 is 0 Å². The van der Waals surface area contributed by atoms with Crippen molar-refractivity contribution in [2.75, 3.05) is 14.2 Å². The van der Waals surface area contributed by atoms with Gasteiger partial charge >= 0.3 is 0 Å². The summed E-state index contributed by atoms with van der Waals surface area (Å²) in [6.45, 7) is 4.11. The van der Waals surface area contributed by atoms with E-state index in [0.717, 1.165) is 29.5 Å². The van der Waals surface area contributed by atoms with Crippen LogP contribution in [0.1, 0.15) is 17.5 Å². The van der Waals surface area contributed by atoms with Gasteiger partial charge in [-0.3, -0.25) is 0 Å². The van der Waals surface area contributed by atoms with Crippen molar-refractivity contribution in [2.45, 2.75) is 12.8 Å². The van der Waals surface area contributed by atoms with Crippen LogP contribution < -0.4 is 9.47 Å². The summed E-state index contributed by atoms with van der Waals surface area (Å²) in [6.07, 6.45) is 1.93. The van der Waals surface area contributed by atoms with Crippen molar-refractivity contribution in [1.29, 1.82) is 0 Å². The van der Waals surface area contributed by atoms with Gasteiger partial charge in [0, 0.05) is 5.56 Å². The molecule has 0 spiro atoms. The Morgan fingerprint density at radius 3 is 2.43 bits per heavy atom. The molecule has 0 aliphatic heterocycles. The Labute approximate surface area is 124 Å². The Morgan fingerprint density at radius 2 is 1.71 bits per heavy atom. The average molecular weight is 282 g/mol. The molecule has 1 N–H and O–H groups in total. The van der Waals surface area contributed by atoms with Crippen molar-refractivity contribution >= 4 is 5.57 Å². The molecule has 2 aromatic carbocycles. The summed E-state index contributed by atoms with van der Waals surface area (Å²) in [5.74, 6) is 1.00. The minimum Gasteiger partial charge on any atom is -0.504 e. The van der Waals surface area contributed by atoms with Gasteiger partial charge in [0.05, 0.1) is 14.2 Å². The Bertz CT molecular complexity index is 717. The summed E-state index contributed by atoms with van der Waals surface area (Å²) in [7, 11) is 3.08. The molecule has 0 amide bonds. The van der Waals surface area contributed by atoms with Crippen LogP contribution >= 0.6 is 0 Å². The third-order valence-electron chi connectivity index (χ3n) is 4.04. The zero-order valence-corrected chi connectivity index (χ0v) is 12.3. The number of methoxy groups -OCH3 is 2. The summed E-state index contributed by atoms with van der Waals surface area (Å²) >= 11 is 0. The Morgan fingerprint density at radius 1 is 0.952 bits per heavy atom. The molecule has 2 aromatic rings. The van der Waals surface area contributed by atoms with Gasteiger partial charge in [-0.25, -0.2) is 0 Å². The highest BCUT2D eigenvalue weighted by atomic mass is 16.5. The van der Waals surface area contributed by atoms with Crippen molar-refractivity contribution in [3.8, 4) is 28.4 Å². The third-order valence-corrected chi connectivity index (χ3v) is 4.04. The van der Waals surface area contributed by atoms with E-state index in [9.17, 15) is 5.11 Å².